The minimum absolute atomic E-state index is 0.0208. The Hall–Kier alpha value is -4.47. The summed E-state index contributed by atoms with van der Waals surface area (Å²) in [5.74, 6) is -3.55. The predicted octanol–water partition coefficient (Wildman–Crippen LogP) is 3.64. The second kappa shape index (κ2) is 13.8. The van der Waals surface area contributed by atoms with Crippen molar-refractivity contribution in [3.63, 3.8) is 0 Å². The Kier molecular flexibility index (Phi) is 9.69. The number of anilines is 1. The van der Waals surface area contributed by atoms with Crippen LogP contribution in [0.25, 0.3) is 0 Å². The first-order valence-corrected chi connectivity index (χ1v) is 19.2. The van der Waals surface area contributed by atoms with Crippen molar-refractivity contribution in [3.8, 4) is 11.5 Å². The maximum absolute atomic E-state index is 14.4. The highest BCUT2D eigenvalue weighted by Crippen LogP contribution is 2.36. The van der Waals surface area contributed by atoms with Gasteiger partial charge in [0.1, 0.15) is 17.5 Å². The highest BCUT2D eigenvalue weighted by atomic mass is 32.2. The van der Waals surface area contributed by atoms with Gasteiger partial charge in [0.25, 0.3) is 15.9 Å². The largest absolute Gasteiger partial charge is 0.504 e. The van der Waals surface area contributed by atoms with Crippen LogP contribution in [0.3, 0.4) is 0 Å². The zero-order valence-corrected chi connectivity index (χ0v) is 28.3. The lowest BCUT2D eigenvalue weighted by atomic mass is 10.0. The van der Waals surface area contributed by atoms with E-state index in [-0.39, 0.29) is 32.6 Å². The topological polar surface area (TPSA) is 182 Å². The third kappa shape index (κ3) is 6.74. The van der Waals surface area contributed by atoms with Crippen LogP contribution in [-0.4, -0.2) is 79.1 Å². The van der Waals surface area contributed by atoms with Gasteiger partial charge in [-0.15, -0.1) is 0 Å². The van der Waals surface area contributed by atoms with E-state index in [9.17, 15) is 41.4 Å². The van der Waals surface area contributed by atoms with Crippen LogP contribution >= 0.6 is 0 Å². The molecule has 0 bridgehead atoms. The molecule has 1 saturated heterocycles. The molecule has 260 valence electrons. The average molecular weight is 711 g/mol. The van der Waals surface area contributed by atoms with Gasteiger partial charge in [-0.25, -0.2) is 21.1 Å². The van der Waals surface area contributed by atoms with Gasteiger partial charge in [-0.2, -0.15) is 4.31 Å². The monoisotopic (exact) mass is 710 g/mol. The fraction of sp³-hybridized carbons (Fsp3) is 0.382. The van der Waals surface area contributed by atoms with E-state index in [0.717, 1.165) is 55.6 Å². The second-order valence-corrected chi connectivity index (χ2v) is 16.3. The normalized spacial score (nSPS) is 18.9. The highest BCUT2D eigenvalue weighted by molar-refractivity contribution is 7.90. The van der Waals surface area contributed by atoms with E-state index >= 15 is 0 Å². The van der Waals surface area contributed by atoms with E-state index in [0.29, 0.717) is 30.2 Å². The molecule has 15 heteroatoms. The quantitative estimate of drug-likeness (QED) is 0.279. The van der Waals surface area contributed by atoms with Crippen molar-refractivity contribution in [2.24, 2.45) is 0 Å². The summed E-state index contributed by atoms with van der Waals surface area (Å²) in [6.45, 7) is -0.215. The van der Waals surface area contributed by atoms with Crippen molar-refractivity contribution >= 4 is 43.5 Å². The molecule has 13 nitrogen and oxygen atoms in total. The second-order valence-electron chi connectivity index (χ2n) is 12.5. The number of nitrogens with one attached hydrogen (secondary N) is 1. The van der Waals surface area contributed by atoms with Gasteiger partial charge in [0, 0.05) is 24.8 Å². The van der Waals surface area contributed by atoms with E-state index in [1.165, 1.54) is 58.9 Å². The van der Waals surface area contributed by atoms with Crippen LogP contribution in [0.5, 0.6) is 11.5 Å². The smallest absolute Gasteiger partial charge is 0.269 e. The van der Waals surface area contributed by atoms with E-state index in [1.807, 2.05) is 0 Å². The predicted molar refractivity (Wildman–Crippen MR) is 179 cm³/mol. The molecule has 3 amide bonds. The SMILES string of the molecule is O=C(NC1CCCC1)[C@@H](c1ccc(O)c(O)c1)N(C(=O)CN1C(=O)c2ccccc2S1(=O)=O)c1ccc(S(=O)(=O)N2CCCCCC2)cc1. The Morgan fingerprint density at radius 2 is 1.53 bits per heavy atom. The molecule has 0 aromatic heterocycles. The molecule has 1 saturated carbocycles. The molecule has 0 radical (unpaired) electrons. The van der Waals surface area contributed by atoms with Gasteiger partial charge < -0.3 is 15.5 Å². The van der Waals surface area contributed by atoms with Crippen LogP contribution in [0.2, 0.25) is 0 Å². The van der Waals surface area contributed by atoms with Gasteiger partial charge in [-0.3, -0.25) is 19.3 Å². The summed E-state index contributed by atoms with van der Waals surface area (Å²) < 4.78 is 55.8. The molecule has 0 spiro atoms. The zero-order valence-electron chi connectivity index (χ0n) is 26.7. The summed E-state index contributed by atoms with van der Waals surface area (Å²) in [7, 11) is -8.29. The van der Waals surface area contributed by atoms with Crippen LogP contribution in [0, 0.1) is 0 Å². The number of nitrogens with zero attached hydrogens (tertiary/aromatic N) is 3. The number of phenols is 2. The number of rotatable bonds is 9. The number of sulfonamides is 2. The fourth-order valence-electron chi connectivity index (χ4n) is 6.71. The first-order chi connectivity index (χ1) is 23.4. The average Bonchev–Trinajstić information content (AvgIpc) is 3.52. The van der Waals surface area contributed by atoms with Crippen LogP contribution in [0.1, 0.15) is 73.3 Å². The zero-order chi connectivity index (χ0) is 34.9. The molecule has 3 aliphatic rings. The van der Waals surface area contributed by atoms with Crippen molar-refractivity contribution in [2.45, 2.75) is 73.2 Å². The molecule has 49 heavy (non-hydrogen) atoms. The molecule has 2 heterocycles. The van der Waals surface area contributed by atoms with E-state index in [1.54, 1.807) is 0 Å². The van der Waals surface area contributed by atoms with Gasteiger partial charge in [-0.05, 0) is 79.8 Å². The third-order valence-corrected chi connectivity index (χ3v) is 13.0. The lowest BCUT2D eigenvalue weighted by Gasteiger charge is -2.33. The number of amides is 3. The Morgan fingerprint density at radius 1 is 0.878 bits per heavy atom. The highest BCUT2D eigenvalue weighted by Gasteiger charge is 2.44. The van der Waals surface area contributed by atoms with Gasteiger partial charge in [-0.1, -0.05) is 43.9 Å². The Morgan fingerprint density at radius 3 is 2.16 bits per heavy atom. The first-order valence-electron chi connectivity index (χ1n) is 16.3. The van der Waals surface area contributed by atoms with Gasteiger partial charge in [0.05, 0.1) is 10.5 Å². The maximum atomic E-state index is 14.4. The Labute approximate surface area is 285 Å². The number of carbonyl (C=O) groups is 3. The molecule has 1 atom stereocenters. The third-order valence-electron chi connectivity index (χ3n) is 9.30. The standard InChI is InChI=1S/C34H38N4O9S2/c39-28-18-13-23(21-29(28)40)32(33(42)35-24-9-3-4-10-24)38(31(41)22-37-34(43)27-11-5-6-12-30(27)49(37,46)47)25-14-16-26(17-15-25)48(44,45)36-19-7-1-2-8-20-36/h5-6,11-18,21,24,32,39-40H,1-4,7-10,19-20,22H2,(H,35,42)/t32-/m1/s1. The van der Waals surface area contributed by atoms with Crippen LogP contribution in [-0.2, 0) is 29.6 Å². The van der Waals surface area contributed by atoms with Crippen LogP contribution in [0.4, 0.5) is 5.69 Å². The summed E-state index contributed by atoms with van der Waals surface area (Å²) in [5, 5.41) is 23.4. The van der Waals surface area contributed by atoms with Crippen molar-refractivity contribution in [2.75, 3.05) is 24.5 Å². The Balaban J connectivity index is 1.43. The molecule has 0 unspecified atom stereocenters. The number of benzene rings is 3. The van der Waals surface area contributed by atoms with Gasteiger partial charge >= 0.3 is 0 Å². The van der Waals surface area contributed by atoms with Crippen molar-refractivity contribution in [3.05, 3.63) is 77.9 Å². The summed E-state index contributed by atoms with van der Waals surface area (Å²) in [5.41, 5.74) is 0.0312. The Bertz CT molecular complexity index is 1970. The minimum Gasteiger partial charge on any atom is -0.504 e. The van der Waals surface area contributed by atoms with Crippen molar-refractivity contribution < 1.29 is 41.4 Å². The first kappa shape index (κ1) is 34.4. The number of hydrogen-bond acceptors (Lipinski definition) is 9. The summed E-state index contributed by atoms with van der Waals surface area (Å²) >= 11 is 0. The van der Waals surface area contributed by atoms with Crippen LogP contribution in [0.15, 0.2) is 76.5 Å². The maximum Gasteiger partial charge on any atom is 0.269 e. The van der Waals surface area contributed by atoms with Gasteiger partial charge in [0.15, 0.2) is 11.5 Å². The minimum atomic E-state index is -4.41. The fourth-order valence-corrected chi connectivity index (χ4v) is 9.75. The molecule has 3 N–H and O–H groups in total. The number of carbonyl (C=O) groups excluding carboxylic acids is 3. The molecule has 1 aliphatic carbocycles. The van der Waals surface area contributed by atoms with Crippen molar-refractivity contribution in [1.82, 2.24) is 13.9 Å². The molecule has 3 aromatic carbocycles. The number of aromatic hydroxyl groups is 2. The molecule has 2 fully saturated rings. The molecule has 6 rings (SSSR count). The molecular weight excluding hydrogens is 673 g/mol. The number of fused-ring (bicyclic) bond motifs is 1. The lowest BCUT2D eigenvalue weighted by Crippen LogP contribution is -2.50. The molecule has 3 aromatic rings. The van der Waals surface area contributed by atoms with Crippen LogP contribution < -0.4 is 10.2 Å². The summed E-state index contributed by atoms with van der Waals surface area (Å²) in [4.78, 5) is 42.6. The summed E-state index contributed by atoms with van der Waals surface area (Å²) in [6, 6.07) is 12.8. The van der Waals surface area contributed by atoms with E-state index in [2.05, 4.69) is 5.32 Å². The number of hydrogen-bond donors (Lipinski definition) is 3. The molecule has 2 aliphatic heterocycles. The van der Waals surface area contributed by atoms with E-state index in [4.69, 9.17) is 0 Å². The van der Waals surface area contributed by atoms with Crippen molar-refractivity contribution in [1.29, 1.82) is 0 Å². The van der Waals surface area contributed by atoms with E-state index < -0.39 is 61.9 Å². The lowest BCUT2D eigenvalue weighted by molar-refractivity contribution is -0.127. The number of phenolic OH excluding ortho intramolecular Hbond substituents is 2. The van der Waals surface area contributed by atoms with Gasteiger partial charge in [0.2, 0.25) is 21.8 Å². The molecular formula is C34H38N4O9S2. The summed E-state index contributed by atoms with van der Waals surface area (Å²) in [6.07, 6.45) is 6.52.